The topological polar surface area (TPSA) is 78.2 Å². The lowest BCUT2D eigenvalue weighted by molar-refractivity contribution is 0.0429. The quantitative estimate of drug-likeness (QED) is 0.618. The summed E-state index contributed by atoms with van der Waals surface area (Å²) in [5.74, 6) is 0.720. The van der Waals surface area contributed by atoms with Crippen LogP contribution in [0.5, 0.6) is 5.75 Å². The molecule has 1 aromatic carbocycles. The standard InChI is InChI=1S/C22H33N3O4/c1-4-25-16(2)22(17(3)27)20-13-19(5-6-21(20)25)29-15-18(28)14-24-9-7-23(8-10-24)11-12-26/h5-6,13,18,26,28H,4,7-12,14-15H2,1-3H3. The molecule has 1 aliphatic heterocycles. The van der Waals surface area contributed by atoms with Crippen LogP contribution in [0.1, 0.15) is 29.9 Å². The van der Waals surface area contributed by atoms with E-state index in [0.717, 1.165) is 54.9 Å². The Morgan fingerprint density at radius 3 is 2.52 bits per heavy atom. The van der Waals surface area contributed by atoms with E-state index >= 15 is 0 Å². The third-order valence-corrected chi connectivity index (χ3v) is 5.76. The molecular formula is C22H33N3O4. The Kier molecular flexibility index (Phi) is 7.29. The maximum atomic E-state index is 12.2. The van der Waals surface area contributed by atoms with Crippen LogP contribution in [0.3, 0.4) is 0 Å². The number of hydrogen-bond acceptors (Lipinski definition) is 6. The number of aromatic nitrogens is 1. The van der Waals surface area contributed by atoms with E-state index in [0.29, 0.717) is 18.8 Å². The first kappa shape index (κ1) is 21.8. The lowest BCUT2D eigenvalue weighted by Crippen LogP contribution is -2.49. The van der Waals surface area contributed by atoms with Crippen molar-refractivity contribution in [2.45, 2.75) is 33.4 Å². The molecule has 0 spiro atoms. The van der Waals surface area contributed by atoms with Crippen LogP contribution < -0.4 is 4.74 Å². The van der Waals surface area contributed by atoms with Crippen molar-refractivity contribution in [2.75, 3.05) is 52.5 Å². The zero-order valence-corrected chi connectivity index (χ0v) is 17.7. The van der Waals surface area contributed by atoms with Crippen LogP contribution in [0.15, 0.2) is 18.2 Å². The predicted octanol–water partition coefficient (Wildman–Crippen LogP) is 1.52. The molecule has 0 bridgehead atoms. The molecule has 29 heavy (non-hydrogen) atoms. The van der Waals surface area contributed by atoms with Crippen molar-refractivity contribution in [2.24, 2.45) is 0 Å². The predicted molar refractivity (Wildman–Crippen MR) is 114 cm³/mol. The van der Waals surface area contributed by atoms with Crippen molar-refractivity contribution in [1.29, 1.82) is 0 Å². The van der Waals surface area contributed by atoms with Crippen LogP contribution in [0.4, 0.5) is 0 Å². The van der Waals surface area contributed by atoms with Crippen LogP contribution in [0.25, 0.3) is 10.9 Å². The number of hydrogen-bond donors (Lipinski definition) is 2. The normalized spacial score (nSPS) is 17.0. The van der Waals surface area contributed by atoms with Crippen molar-refractivity contribution in [3.8, 4) is 5.75 Å². The molecule has 3 rings (SSSR count). The molecule has 1 aliphatic rings. The minimum absolute atomic E-state index is 0.0530. The van der Waals surface area contributed by atoms with E-state index in [1.54, 1.807) is 6.92 Å². The van der Waals surface area contributed by atoms with Crippen LogP contribution in [-0.2, 0) is 6.54 Å². The summed E-state index contributed by atoms with van der Waals surface area (Å²) in [6, 6.07) is 5.80. The van der Waals surface area contributed by atoms with Gasteiger partial charge in [0.05, 0.1) is 6.61 Å². The molecule has 2 N–H and O–H groups in total. The van der Waals surface area contributed by atoms with Crippen molar-refractivity contribution in [3.05, 3.63) is 29.5 Å². The molecule has 160 valence electrons. The smallest absolute Gasteiger partial charge is 0.162 e. The zero-order valence-electron chi connectivity index (χ0n) is 17.7. The average molecular weight is 404 g/mol. The van der Waals surface area contributed by atoms with E-state index < -0.39 is 6.10 Å². The number of ketones is 1. The molecule has 7 nitrogen and oxygen atoms in total. The molecule has 0 radical (unpaired) electrons. The third-order valence-electron chi connectivity index (χ3n) is 5.76. The summed E-state index contributed by atoms with van der Waals surface area (Å²) in [6.07, 6.45) is -0.579. The number of aryl methyl sites for hydroxylation is 1. The number of piperazine rings is 1. The van der Waals surface area contributed by atoms with Crippen molar-refractivity contribution in [3.63, 3.8) is 0 Å². The molecule has 1 unspecified atom stereocenters. The van der Waals surface area contributed by atoms with E-state index in [1.807, 2.05) is 25.1 Å². The van der Waals surface area contributed by atoms with Gasteiger partial charge >= 0.3 is 0 Å². The molecule has 2 aromatic rings. The Morgan fingerprint density at radius 1 is 1.21 bits per heavy atom. The number of Topliss-reactive ketones (excluding diaryl/α,β-unsaturated/α-hetero) is 1. The van der Waals surface area contributed by atoms with Crippen LogP contribution in [0, 0.1) is 6.92 Å². The monoisotopic (exact) mass is 403 g/mol. The Balaban J connectivity index is 1.60. The summed E-state index contributed by atoms with van der Waals surface area (Å²) in [5.41, 5.74) is 2.75. The van der Waals surface area contributed by atoms with Gasteiger partial charge in [-0.05, 0) is 39.0 Å². The highest BCUT2D eigenvalue weighted by Gasteiger charge is 2.20. The number of rotatable bonds is 9. The summed E-state index contributed by atoms with van der Waals surface area (Å²) in [6.45, 7) is 11.7. The van der Waals surface area contributed by atoms with Gasteiger partial charge in [-0.1, -0.05) is 0 Å². The lowest BCUT2D eigenvalue weighted by atomic mass is 10.1. The Hall–Kier alpha value is -1.93. The van der Waals surface area contributed by atoms with Gasteiger partial charge < -0.3 is 19.5 Å². The third kappa shape index (κ3) is 4.98. The van der Waals surface area contributed by atoms with E-state index in [2.05, 4.69) is 21.3 Å². The molecule has 1 aromatic heterocycles. The van der Waals surface area contributed by atoms with Crippen LogP contribution in [0.2, 0.25) is 0 Å². The largest absolute Gasteiger partial charge is 0.491 e. The number of fused-ring (bicyclic) bond motifs is 1. The van der Waals surface area contributed by atoms with Crippen LogP contribution >= 0.6 is 0 Å². The first-order valence-corrected chi connectivity index (χ1v) is 10.4. The summed E-state index contributed by atoms with van der Waals surface area (Å²) in [4.78, 5) is 16.6. The van der Waals surface area contributed by atoms with E-state index in [9.17, 15) is 9.90 Å². The summed E-state index contributed by atoms with van der Waals surface area (Å²) < 4.78 is 7.99. The maximum Gasteiger partial charge on any atom is 0.162 e. The van der Waals surface area contributed by atoms with Crippen molar-refractivity contribution >= 4 is 16.7 Å². The Morgan fingerprint density at radius 2 is 1.90 bits per heavy atom. The van der Waals surface area contributed by atoms with Gasteiger partial charge in [-0.25, -0.2) is 0 Å². The fourth-order valence-corrected chi connectivity index (χ4v) is 4.28. The number of benzene rings is 1. The molecule has 0 saturated carbocycles. The number of β-amino-alcohol motifs (C(OH)–C–C–N with tert-alkyl or cyclic N) is 2. The summed E-state index contributed by atoms with van der Waals surface area (Å²) in [5, 5.41) is 20.3. The SMILES string of the molecule is CCn1c(C)c(C(C)=O)c2cc(OCC(O)CN3CCN(CCO)CC3)ccc21. The number of nitrogens with zero attached hydrogens (tertiary/aromatic N) is 3. The molecule has 2 heterocycles. The first-order chi connectivity index (χ1) is 13.9. The highest BCUT2D eigenvalue weighted by atomic mass is 16.5. The molecule has 1 fully saturated rings. The van der Waals surface area contributed by atoms with Gasteiger partial charge in [0.2, 0.25) is 0 Å². The van der Waals surface area contributed by atoms with Crippen molar-refractivity contribution < 1.29 is 19.7 Å². The van der Waals surface area contributed by atoms with Gasteiger partial charge in [0, 0.05) is 68.0 Å². The van der Waals surface area contributed by atoms with Gasteiger partial charge in [-0.15, -0.1) is 0 Å². The van der Waals surface area contributed by atoms with Gasteiger partial charge in [0.15, 0.2) is 5.78 Å². The molecule has 1 atom stereocenters. The van der Waals surface area contributed by atoms with Crippen LogP contribution in [-0.4, -0.2) is 88.9 Å². The second-order valence-corrected chi connectivity index (χ2v) is 7.77. The highest BCUT2D eigenvalue weighted by molar-refractivity contribution is 6.08. The van der Waals surface area contributed by atoms with E-state index in [4.69, 9.17) is 9.84 Å². The van der Waals surface area contributed by atoms with E-state index in [-0.39, 0.29) is 19.0 Å². The second kappa shape index (κ2) is 9.71. The number of carbonyl (C=O) groups excluding carboxylic acids is 1. The number of ether oxygens (including phenoxy) is 1. The minimum atomic E-state index is -0.579. The van der Waals surface area contributed by atoms with Gasteiger partial charge in [-0.2, -0.15) is 0 Å². The van der Waals surface area contributed by atoms with Gasteiger partial charge in [0.1, 0.15) is 18.5 Å². The number of aliphatic hydroxyl groups excluding tert-OH is 2. The first-order valence-electron chi connectivity index (χ1n) is 10.4. The minimum Gasteiger partial charge on any atom is -0.491 e. The fourth-order valence-electron chi connectivity index (χ4n) is 4.28. The average Bonchev–Trinajstić information content (AvgIpc) is 2.98. The zero-order chi connectivity index (χ0) is 21.0. The maximum absolute atomic E-state index is 12.2. The molecule has 1 saturated heterocycles. The number of aliphatic hydroxyl groups is 2. The van der Waals surface area contributed by atoms with Gasteiger partial charge in [-0.3, -0.25) is 14.6 Å². The van der Waals surface area contributed by atoms with Crippen molar-refractivity contribution in [1.82, 2.24) is 14.4 Å². The number of carbonyl (C=O) groups is 1. The van der Waals surface area contributed by atoms with Gasteiger partial charge in [0.25, 0.3) is 0 Å². The highest BCUT2D eigenvalue weighted by Crippen LogP contribution is 2.30. The molecule has 7 heteroatoms. The Bertz CT molecular complexity index is 840. The molecule has 0 aliphatic carbocycles. The summed E-state index contributed by atoms with van der Waals surface area (Å²) >= 11 is 0. The molecule has 0 amide bonds. The Labute approximate surface area is 172 Å². The molecular weight excluding hydrogens is 370 g/mol. The fraction of sp³-hybridized carbons (Fsp3) is 0.591. The second-order valence-electron chi connectivity index (χ2n) is 7.77. The lowest BCUT2D eigenvalue weighted by Gasteiger charge is -2.35. The van der Waals surface area contributed by atoms with E-state index in [1.165, 1.54) is 0 Å². The summed E-state index contributed by atoms with van der Waals surface area (Å²) in [7, 11) is 0.